The maximum Gasteiger partial charge on any atom is 0.0509 e. The van der Waals surface area contributed by atoms with E-state index in [1.165, 1.54) is 22.3 Å². The first-order valence-electron chi connectivity index (χ1n) is 6.11. The summed E-state index contributed by atoms with van der Waals surface area (Å²) in [5.74, 6) is 0. The molecule has 0 spiro atoms. The number of rotatable bonds is 3. The van der Waals surface area contributed by atoms with E-state index in [0.29, 0.717) is 6.04 Å². The lowest BCUT2D eigenvalue weighted by atomic mass is 9.94. The Morgan fingerprint density at radius 1 is 1.39 bits per heavy atom. The summed E-state index contributed by atoms with van der Waals surface area (Å²) in [5.41, 5.74) is 5.16. The highest BCUT2D eigenvalue weighted by Crippen LogP contribution is 2.26. The van der Waals surface area contributed by atoms with Gasteiger partial charge in [-0.15, -0.1) is 0 Å². The number of hydrogen-bond acceptors (Lipinski definition) is 1. The molecule has 1 aromatic carbocycles. The van der Waals surface area contributed by atoms with Gasteiger partial charge in [0.05, 0.1) is 6.04 Å². The third-order valence-corrected chi connectivity index (χ3v) is 3.71. The van der Waals surface area contributed by atoms with Gasteiger partial charge in [0.2, 0.25) is 0 Å². The van der Waals surface area contributed by atoms with Crippen molar-refractivity contribution in [3.05, 3.63) is 65.4 Å². The summed E-state index contributed by atoms with van der Waals surface area (Å²) in [6.45, 7) is 8.28. The Morgan fingerprint density at radius 2 is 2.17 bits per heavy atom. The summed E-state index contributed by atoms with van der Waals surface area (Å²) < 4.78 is 0.953. The zero-order chi connectivity index (χ0) is 13.1. The van der Waals surface area contributed by atoms with Gasteiger partial charge in [-0.25, -0.2) is 0 Å². The molecule has 1 atom stereocenters. The van der Waals surface area contributed by atoms with Crippen LogP contribution in [-0.2, 0) is 6.42 Å². The van der Waals surface area contributed by atoms with E-state index in [0.717, 1.165) is 10.9 Å². The van der Waals surface area contributed by atoms with Crippen molar-refractivity contribution in [2.45, 2.75) is 26.3 Å². The lowest BCUT2D eigenvalue weighted by Gasteiger charge is -2.22. The van der Waals surface area contributed by atoms with Gasteiger partial charge in [0.25, 0.3) is 0 Å². The fraction of sp³-hybridized carbons (Fsp3) is 0.250. The molecule has 94 valence electrons. The van der Waals surface area contributed by atoms with Crippen LogP contribution in [0.4, 0.5) is 0 Å². The highest BCUT2D eigenvalue weighted by atomic mass is 79.9. The van der Waals surface area contributed by atoms with Gasteiger partial charge < -0.3 is 5.32 Å². The quantitative estimate of drug-likeness (QED) is 0.876. The van der Waals surface area contributed by atoms with Gasteiger partial charge in [0.15, 0.2) is 0 Å². The fourth-order valence-electron chi connectivity index (χ4n) is 2.18. The number of halogens is 1. The molecule has 1 nitrogen and oxygen atoms in total. The molecule has 0 saturated heterocycles. The summed E-state index contributed by atoms with van der Waals surface area (Å²) in [6, 6.07) is 6.92. The van der Waals surface area contributed by atoms with E-state index in [-0.39, 0.29) is 0 Å². The second-order valence-corrected chi connectivity index (χ2v) is 5.72. The zero-order valence-corrected chi connectivity index (χ0v) is 12.4. The smallest absolute Gasteiger partial charge is 0.0509 e. The second kappa shape index (κ2) is 5.57. The van der Waals surface area contributed by atoms with Gasteiger partial charge >= 0.3 is 0 Å². The van der Waals surface area contributed by atoms with Gasteiger partial charge in [-0.3, -0.25) is 0 Å². The molecule has 0 fully saturated rings. The molecule has 1 unspecified atom stereocenters. The molecule has 2 rings (SSSR count). The third-order valence-electron chi connectivity index (χ3n) is 3.28. The molecule has 1 aromatic rings. The van der Waals surface area contributed by atoms with Crippen molar-refractivity contribution in [2.24, 2.45) is 0 Å². The molecule has 0 radical (unpaired) electrons. The van der Waals surface area contributed by atoms with Crippen LogP contribution in [0.5, 0.6) is 0 Å². The summed E-state index contributed by atoms with van der Waals surface area (Å²) in [7, 11) is 0. The van der Waals surface area contributed by atoms with Crippen LogP contribution in [0.25, 0.3) is 4.48 Å². The molecule has 1 aliphatic rings. The van der Waals surface area contributed by atoms with E-state index in [9.17, 15) is 0 Å². The summed E-state index contributed by atoms with van der Waals surface area (Å²) in [4.78, 5) is 0. The van der Waals surface area contributed by atoms with Crippen molar-refractivity contribution in [3.8, 4) is 0 Å². The monoisotopic (exact) mass is 303 g/mol. The Morgan fingerprint density at radius 3 is 2.83 bits per heavy atom. The molecular weight excluding hydrogens is 286 g/mol. The second-order valence-electron chi connectivity index (χ2n) is 4.76. The SMILES string of the molecule is C=C(Br)c1cc(C)ccc1CC1NC=CC=C1C. The average Bonchev–Trinajstić information content (AvgIpc) is 2.34. The molecule has 1 N–H and O–H groups in total. The first-order chi connectivity index (χ1) is 8.58. The van der Waals surface area contributed by atoms with Gasteiger partial charge in [0.1, 0.15) is 0 Å². The van der Waals surface area contributed by atoms with Gasteiger partial charge in [-0.1, -0.05) is 57.9 Å². The van der Waals surface area contributed by atoms with E-state index in [1.54, 1.807) is 0 Å². The van der Waals surface area contributed by atoms with E-state index in [1.807, 2.05) is 12.3 Å². The molecule has 0 saturated carbocycles. The van der Waals surface area contributed by atoms with Crippen LogP contribution < -0.4 is 5.32 Å². The third kappa shape index (κ3) is 2.94. The van der Waals surface area contributed by atoms with Crippen molar-refractivity contribution in [1.82, 2.24) is 5.32 Å². The predicted molar refractivity (Wildman–Crippen MR) is 82.7 cm³/mol. The fourth-order valence-corrected chi connectivity index (χ4v) is 2.55. The predicted octanol–water partition coefficient (Wildman–Crippen LogP) is 4.33. The van der Waals surface area contributed by atoms with Crippen molar-refractivity contribution in [2.75, 3.05) is 0 Å². The molecule has 0 aliphatic carbocycles. The number of nitrogens with one attached hydrogen (secondary N) is 1. The number of hydrogen-bond donors (Lipinski definition) is 1. The largest absolute Gasteiger partial charge is 0.384 e. The first kappa shape index (κ1) is 13.2. The first-order valence-corrected chi connectivity index (χ1v) is 6.91. The van der Waals surface area contributed by atoms with Crippen LogP contribution in [0.1, 0.15) is 23.6 Å². The maximum atomic E-state index is 4.01. The summed E-state index contributed by atoms with van der Waals surface area (Å²) in [5, 5.41) is 3.40. The minimum atomic E-state index is 0.378. The maximum absolute atomic E-state index is 4.01. The lowest BCUT2D eigenvalue weighted by molar-refractivity contribution is 0.652. The zero-order valence-electron chi connectivity index (χ0n) is 10.8. The standard InChI is InChI=1S/C16H18BrN/c1-11-6-7-14(15(9-11)13(3)17)10-16-12(2)5-4-8-18-16/h4-9,16,18H,3,10H2,1-2H3. The van der Waals surface area contributed by atoms with Crippen LogP contribution in [0, 0.1) is 6.92 Å². The van der Waals surface area contributed by atoms with E-state index in [4.69, 9.17) is 0 Å². The summed E-state index contributed by atoms with van der Waals surface area (Å²) in [6.07, 6.45) is 7.20. The van der Waals surface area contributed by atoms with Crippen LogP contribution in [0.3, 0.4) is 0 Å². The van der Waals surface area contributed by atoms with Crippen LogP contribution in [-0.4, -0.2) is 6.04 Å². The molecular formula is C16H18BrN. The molecule has 0 bridgehead atoms. The minimum absolute atomic E-state index is 0.378. The Balaban J connectivity index is 2.26. The van der Waals surface area contributed by atoms with E-state index >= 15 is 0 Å². The Labute approximate surface area is 117 Å². The Bertz CT molecular complexity index is 526. The Hall–Kier alpha value is -1.28. The number of aryl methyl sites for hydroxylation is 1. The van der Waals surface area contributed by atoms with Crippen molar-refractivity contribution >= 4 is 20.4 Å². The van der Waals surface area contributed by atoms with Gasteiger partial charge in [-0.05, 0) is 43.7 Å². The Kier molecular flexibility index (Phi) is 4.07. The topological polar surface area (TPSA) is 12.0 Å². The average molecular weight is 304 g/mol. The molecule has 18 heavy (non-hydrogen) atoms. The number of dihydropyridines is 1. The van der Waals surface area contributed by atoms with Gasteiger partial charge in [-0.2, -0.15) is 0 Å². The molecule has 1 heterocycles. The summed E-state index contributed by atoms with van der Waals surface area (Å²) >= 11 is 3.50. The highest BCUT2D eigenvalue weighted by Gasteiger charge is 2.14. The van der Waals surface area contributed by atoms with Crippen molar-refractivity contribution in [1.29, 1.82) is 0 Å². The van der Waals surface area contributed by atoms with E-state index < -0.39 is 0 Å². The lowest BCUT2D eigenvalue weighted by Crippen LogP contribution is -2.30. The molecule has 0 amide bonds. The van der Waals surface area contributed by atoms with Crippen molar-refractivity contribution in [3.63, 3.8) is 0 Å². The molecule has 2 heteroatoms. The van der Waals surface area contributed by atoms with Crippen LogP contribution in [0.15, 0.2) is 48.7 Å². The van der Waals surface area contributed by atoms with Crippen LogP contribution >= 0.6 is 15.9 Å². The van der Waals surface area contributed by atoms with E-state index in [2.05, 4.69) is 65.9 Å². The number of allylic oxidation sites excluding steroid dienone is 2. The van der Waals surface area contributed by atoms with Crippen LogP contribution in [0.2, 0.25) is 0 Å². The highest BCUT2D eigenvalue weighted by molar-refractivity contribution is 9.15. The minimum Gasteiger partial charge on any atom is -0.384 e. The molecule has 1 aliphatic heterocycles. The van der Waals surface area contributed by atoms with Gasteiger partial charge in [0, 0.05) is 4.48 Å². The molecule has 0 aromatic heterocycles. The number of benzene rings is 1. The normalized spacial score (nSPS) is 18.2. The van der Waals surface area contributed by atoms with Crippen molar-refractivity contribution < 1.29 is 0 Å².